The minimum absolute atomic E-state index is 0.0428. The second-order valence-electron chi connectivity index (χ2n) is 3.95. The van der Waals surface area contributed by atoms with Crippen LogP contribution in [0.15, 0.2) is 27.6 Å². The number of hydrogen-bond donors (Lipinski definition) is 2. The molecule has 102 valence electrons. The lowest BCUT2D eigenvalue weighted by Crippen LogP contribution is -2.14. The maximum absolute atomic E-state index is 12.2. The van der Waals surface area contributed by atoms with Crippen molar-refractivity contribution < 1.29 is 8.42 Å². The number of benzene rings is 1. The van der Waals surface area contributed by atoms with Crippen LogP contribution in [0.2, 0.25) is 0 Å². The third-order valence-corrected chi connectivity index (χ3v) is 5.54. The van der Waals surface area contributed by atoms with Crippen molar-refractivity contribution >= 4 is 48.1 Å². The fraction of sp³-hybridized carbons (Fsp3) is 0.182. The van der Waals surface area contributed by atoms with E-state index in [1.54, 1.807) is 12.1 Å². The van der Waals surface area contributed by atoms with E-state index in [9.17, 15) is 8.42 Å². The standard InChI is InChI=1S/C11H12BrN3O2S2/c1-6-7(2)18-11(14-6)15-19(16,17)10-4-3-8(12)5-9(10)13/h3-5H,13H2,1-2H3,(H,14,15). The Balaban J connectivity index is 2.37. The van der Waals surface area contributed by atoms with Crippen LogP contribution in [0.1, 0.15) is 10.6 Å². The highest BCUT2D eigenvalue weighted by Gasteiger charge is 2.19. The highest BCUT2D eigenvalue weighted by molar-refractivity contribution is 9.10. The molecule has 0 radical (unpaired) electrons. The maximum Gasteiger partial charge on any atom is 0.265 e. The lowest BCUT2D eigenvalue weighted by molar-refractivity contribution is 0.601. The SMILES string of the molecule is Cc1nc(NS(=O)(=O)c2ccc(Br)cc2N)sc1C. The molecule has 1 aromatic carbocycles. The first-order valence-electron chi connectivity index (χ1n) is 5.31. The van der Waals surface area contributed by atoms with Crippen molar-refractivity contribution in [2.24, 2.45) is 0 Å². The molecule has 8 heteroatoms. The lowest BCUT2D eigenvalue weighted by Gasteiger charge is -2.08. The van der Waals surface area contributed by atoms with Gasteiger partial charge in [0.2, 0.25) is 0 Å². The second kappa shape index (κ2) is 5.10. The summed E-state index contributed by atoms with van der Waals surface area (Å²) in [5.74, 6) is 0. The van der Waals surface area contributed by atoms with Crippen molar-refractivity contribution in [3.05, 3.63) is 33.2 Å². The molecule has 0 fully saturated rings. The van der Waals surface area contributed by atoms with Crippen LogP contribution in [0.3, 0.4) is 0 Å². The molecule has 0 aliphatic heterocycles. The number of hydrogen-bond acceptors (Lipinski definition) is 5. The summed E-state index contributed by atoms with van der Waals surface area (Å²) in [4.78, 5) is 5.16. The number of halogens is 1. The Bertz CT molecular complexity index is 706. The van der Waals surface area contributed by atoms with Gasteiger partial charge in [-0.25, -0.2) is 13.4 Å². The molecular formula is C11H12BrN3O2S2. The summed E-state index contributed by atoms with van der Waals surface area (Å²) in [7, 11) is -3.71. The van der Waals surface area contributed by atoms with Gasteiger partial charge in [0.15, 0.2) is 5.13 Å². The van der Waals surface area contributed by atoms with E-state index in [1.165, 1.54) is 17.4 Å². The zero-order chi connectivity index (χ0) is 14.2. The van der Waals surface area contributed by atoms with Crippen molar-refractivity contribution in [2.75, 3.05) is 10.5 Å². The van der Waals surface area contributed by atoms with Crippen molar-refractivity contribution in [1.82, 2.24) is 4.98 Å². The summed E-state index contributed by atoms with van der Waals surface area (Å²) in [5.41, 5.74) is 6.73. The number of sulfonamides is 1. The lowest BCUT2D eigenvalue weighted by atomic mass is 10.3. The van der Waals surface area contributed by atoms with Crippen LogP contribution >= 0.6 is 27.3 Å². The summed E-state index contributed by atoms with van der Waals surface area (Å²) in [6, 6.07) is 4.63. The van der Waals surface area contributed by atoms with Gasteiger partial charge in [0.1, 0.15) is 4.90 Å². The van der Waals surface area contributed by atoms with Crippen molar-refractivity contribution in [2.45, 2.75) is 18.7 Å². The van der Waals surface area contributed by atoms with Gasteiger partial charge in [-0.1, -0.05) is 15.9 Å². The molecule has 0 spiro atoms. The minimum atomic E-state index is -3.71. The summed E-state index contributed by atoms with van der Waals surface area (Å²) >= 11 is 4.53. The molecule has 0 unspecified atom stereocenters. The summed E-state index contributed by atoms with van der Waals surface area (Å²) < 4.78 is 27.6. The average molecular weight is 362 g/mol. The molecule has 0 amide bonds. The third-order valence-electron chi connectivity index (χ3n) is 2.51. The Kier molecular flexibility index (Phi) is 3.84. The second-order valence-corrected chi connectivity index (χ2v) is 7.72. The molecule has 1 heterocycles. The first-order chi connectivity index (χ1) is 8.79. The first-order valence-corrected chi connectivity index (χ1v) is 8.41. The van der Waals surface area contributed by atoms with E-state index in [2.05, 4.69) is 25.6 Å². The summed E-state index contributed by atoms with van der Waals surface area (Å²) in [6.07, 6.45) is 0. The van der Waals surface area contributed by atoms with Gasteiger partial charge in [0.25, 0.3) is 10.0 Å². The highest BCUT2D eigenvalue weighted by atomic mass is 79.9. The average Bonchev–Trinajstić information content (AvgIpc) is 2.56. The van der Waals surface area contributed by atoms with Gasteiger partial charge in [-0.05, 0) is 32.0 Å². The Hall–Kier alpha value is -1.12. The molecule has 0 atom stereocenters. The molecule has 3 N–H and O–H groups in total. The minimum Gasteiger partial charge on any atom is -0.398 e. The van der Waals surface area contributed by atoms with Gasteiger partial charge >= 0.3 is 0 Å². The molecule has 2 rings (SSSR count). The fourth-order valence-corrected chi connectivity index (χ4v) is 3.99. The molecule has 0 aliphatic carbocycles. The quantitative estimate of drug-likeness (QED) is 0.823. The van der Waals surface area contributed by atoms with E-state index < -0.39 is 10.0 Å². The Labute approximate surface area is 124 Å². The number of anilines is 2. The van der Waals surface area contributed by atoms with Crippen LogP contribution < -0.4 is 10.5 Å². The van der Waals surface area contributed by atoms with Crippen molar-refractivity contribution in [1.29, 1.82) is 0 Å². The van der Waals surface area contributed by atoms with E-state index in [0.29, 0.717) is 5.13 Å². The van der Waals surface area contributed by atoms with Crippen LogP contribution in [0.4, 0.5) is 10.8 Å². The number of aromatic nitrogens is 1. The van der Waals surface area contributed by atoms with Crippen molar-refractivity contribution in [3.63, 3.8) is 0 Å². The zero-order valence-corrected chi connectivity index (χ0v) is 13.5. The molecule has 0 bridgehead atoms. The summed E-state index contributed by atoms with van der Waals surface area (Å²) in [5, 5.41) is 0.345. The molecule has 0 saturated carbocycles. The Morgan fingerprint density at radius 2 is 2.05 bits per heavy atom. The molecule has 0 aliphatic rings. The number of rotatable bonds is 3. The molecule has 5 nitrogen and oxygen atoms in total. The molecule has 0 saturated heterocycles. The predicted octanol–water partition coefficient (Wildman–Crippen LogP) is 2.91. The topological polar surface area (TPSA) is 85.1 Å². The normalized spacial score (nSPS) is 11.5. The third kappa shape index (κ3) is 3.07. The van der Waals surface area contributed by atoms with Gasteiger partial charge in [0, 0.05) is 9.35 Å². The predicted molar refractivity (Wildman–Crippen MR) is 81.0 cm³/mol. The van der Waals surface area contributed by atoms with Gasteiger partial charge < -0.3 is 5.73 Å². The number of thiazole rings is 1. The summed E-state index contributed by atoms with van der Waals surface area (Å²) in [6.45, 7) is 3.72. The van der Waals surface area contributed by atoms with E-state index in [0.717, 1.165) is 15.0 Å². The number of aryl methyl sites for hydroxylation is 2. The van der Waals surface area contributed by atoms with Gasteiger partial charge in [-0.2, -0.15) is 0 Å². The molecule has 1 aromatic heterocycles. The van der Waals surface area contributed by atoms with Gasteiger partial charge in [-0.15, -0.1) is 11.3 Å². The van der Waals surface area contributed by atoms with E-state index >= 15 is 0 Å². The number of nitrogens with one attached hydrogen (secondary N) is 1. The van der Waals surface area contributed by atoms with E-state index in [-0.39, 0.29) is 10.6 Å². The maximum atomic E-state index is 12.2. The number of nitrogens with zero attached hydrogens (tertiary/aromatic N) is 1. The van der Waals surface area contributed by atoms with Crippen LogP contribution in [0.5, 0.6) is 0 Å². The van der Waals surface area contributed by atoms with Crippen LogP contribution in [-0.2, 0) is 10.0 Å². The zero-order valence-electron chi connectivity index (χ0n) is 10.3. The van der Waals surface area contributed by atoms with Crippen LogP contribution in [-0.4, -0.2) is 13.4 Å². The van der Waals surface area contributed by atoms with Gasteiger partial charge in [-0.3, -0.25) is 4.72 Å². The molecule has 2 aromatic rings. The number of nitrogen functional groups attached to an aromatic ring is 1. The largest absolute Gasteiger partial charge is 0.398 e. The van der Waals surface area contributed by atoms with Gasteiger partial charge in [0.05, 0.1) is 11.4 Å². The monoisotopic (exact) mass is 361 g/mol. The smallest absolute Gasteiger partial charge is 0.265 e. The highest BCUT2D eigenvalue weighted by Crippen LogP contribution is 2.27. The van der Waals surface area contributed by atoms with E-state index in [1.807, 2.05) is 13.8 Å². The van der Waals surface area contributed by atoms with Crippen molar-refractivity contribution in [3.8, 4) is 0 Å². The van der Waals surface area contributed by atoms with Crippen LogP contribution in [0.25, 0.3) is 0 Å². The first kappa shape index (κ1) is 14.3. The molecule has 19 heavy (non-hydrogen) atoms. The molecular weight excluding hydrogens is 350 g/mol. The Morgan fingerprint density at radius 1 is 1.37 bits per heavy atom. The van der Waals surface area contributed by atoms with Crippen LogP contribution in [0, 0.1) is 13.8 Å². The fourth-order valence-electron chi connectivity index (χ4n) is 1.45. The number of nitrogens with two attached hydrogens (primary N) is 1. The van der Waals surface area contributed by atoms with E-state index in [4.69, 9.17) is 5.73 Å². The Morgan fingerprint density at radius 3 is 2.58 bits per heavy atom.